The molecule has 0 spiro atoms. The van der Waals surface area contributed by atoms with Crippen LogP contribution in [-0.4, -0.2) is 33.7 Å². The maximum absolute atomic E-state index is 5.47. The molecule has 126 valence electrons. The van der Waals surface area contributed by atoms with Crippen molar-refractivity contribution < 1.29 is 13.9 Å². The molecule has 25 heavy (non-hydrogen) atoms. The van der Waals surface area contributed by atoms with E-state index in [4.69, 9.17) is 13.9 Å². The number of benzene rings is 1. The van der Waals surface area contributed by atoms with Gasteiger partial charge in [-0.15, -0.1) is 0 Å². The molecule has 3 aromatic heterocycles. The van der Waals surface area contributed by atoms with Gasteiger partial charge in [0.2, 0.25) is 0 Å². The fourth-order valence-corrected chi connectivity index (χ4v) is 2.64. The molecule has 0 aliphatic rings. The summed E-state index contributed by atoms with van der Waals surface area (Å²) in [4.78, 5) is 13.3. The number of hydrogen-bond donors (Lipinski definition) is 0. The van der Waals surface area contributed by atoms with Crippen molar-refractivity contribution >= 4 is 11.2 Å². The first-order valence-corrected chi connectivity index (χ1v) is 7.72. The second kappa shape index (κ2) is 6.27. The molecule has 0 fully saturated rings. The average molecular weight is 336 g/mol. The van der Waals surface area contributed by atoms with Crippen molar-refractivity contribution in [2.45, 2.75) is 6.54 Å². The van der Waals surface area contributed by atoms with Crippen molar-refractivity contribution in [3.63, 3.8) is 0 Å². The van der Waals surface area contributed by atoms with Gasteiger partial charge < -0.3 is 18.5 Å². The molecule has 7 heteroatoms. The number of aromatic nitrogens is 4. The third-order valence-corrected chi connectivity index (χ3v) is 3.89. The standard InChI is InChI=1S/C18H16N4O3/c1-23-13-7-5-12(6-8-13)10-22-11-19-16-15(14-4-3-9-25-14)20-18(24-2)21-17(16)22/h3-9,11H,10H2,1-2H3. The highest BCUT2D eigenvalue weighted by Crippen LogP contribution is 2.27. The van der Waals surface area contributed by atoms with E-state index in [2.05, 4.69) is 15.0 Å². The molecular formula is C18H16N4O3. The Morgan fingerprint density at radius 2 is 1.88 bits per heavy atom. The second-order valence-electron chi connectivity index (χ2n) is 5.43. The number of methoxy groups -OCH3 is 2. The van der Waals surface area contributed by atoms with E-state index in [9.17, 15) is 0 Å². The summed E-state index contributed by atoms with van der Waals surface area (Å²) >= 11 is 0. The van der Waals surface area contributed by atoms with Crippen molar-refractivity contribution in [3.05, 3.63) is 54.6 Å². The van der Waals surface area contributed by atoms with Gasteiger partial charge in [-0.2, -0.15) is 9.97 Å². The molecule has 0 radical (unpaired) electrons. The SMILES string of the molecule is COc1ccc(Cn2cnc3c(-c4ccco4)nc(OC)nc32)cc1. The van der Waals surface area contributed by atoms with Gasteiger partial charge in [0.15, 0.2) is 11.4 Å². The van der Waals surface area contributed by atoms with E-state index in [-0.39, 0.29) is 6.01 Å². The molecule has 0 aliphatic heterocycles. The molecule has 0 saturated carbocycles. The summed E-state index contributed by atoms with van der Waals surface area (Å²) in [6, 6.07) is 11.8. The van der Waals surface area contributed by atoms with Crippen LogP contribution >= 0.6 is 0 Å². The van der Waals surface area contributed by atoms with Gasteiger partial charge in [0.1, 0.15) is 17.0 Å². The Morgan fingerprint density at radius 1 is 1.04 bits per heavy atom. The number of fused-ring (bicyclic) bond motifs is 1. The van der Waals surface area contributed by atoms with E-state index in [1.54, 1.807) is 19.7 Å². The van der Waals surface area contributed by atoms with E-state index in [0.717, 1.165) is 11.3 Å². The van der Waals surface area contributed by atoms with E-state index in [0.29, 0.717) is 29.2 Å². The van der Waals surface area contributed by atoms with Crippen LogP contribution in [0.2, 0.25) is 0 Å². The van der Waals surface area contributed by atoms with Gasteiger partial charge in [0, 0.05) is 0 Å². The van der Waals surface area contributed by atoms with E-state index in [1.807, 2.05) is 41.0 Å². The van der Waals surface area contributed by atoms with Gasteiger partial charge in [-0.25, -0.2) is 4.98 Å². The summed E-state index contributed by atoms with van der Waals surface area (Å²) in [6.45, 7) is 0.623. The van der Waals surface area contributed by atoms with Gasteiger partial charge in [0.25, 0.3) is 0 Å². The Balaban J connectivity index is 1.78. The minimum atomic E-state index is 0.274. The van der Waals surface area contributed by atoms with Gasteiger partial charge in [-0.05, 0) is 29.8 Å². The topological polar surface area (TPSA) is 75.2 Å². The fourth-order valence-electron chi connectivity index (χ4n) is 2.64. The first-order chi connectivity index (χ1) is 12.3. The third kappa shape index (κ3) is 2.80. The maximum Gasteiger partial charge on any atom is 0.318 e. The lowest BCUT2D eigenvalue weighted by molar-refractivity contribution is 0.381. The van der Waals surface area contributed by atoms with E-state index < -0.39 is 0 Å². The zero-order valence-electron chi connectivity index (χ0n) is 13.8. The van der Waals surface area contributed by atoms with Crippen LogP contribution < -0.4 is 9.47 Å². The van der Waals surface area contributed by atoms with Crippen molar-refractivity contribution in [1.82, 2.24) is 19.5 Å². The molecule has 4 aromatic rings. The monoisotopic (exact) mass is 336 g/mol. The normalized spacial score (nSPS) is 11.0. The molecule has 7 nitrogen and oxygen atoms in total. The van der Waals surface area contributed by atoms with E-state index >= 15 is 0 Å². The minimum Gasteiger partial charge on any atom is -0.497 e. The number of ether oxygens (including phenoxy) is 2. The quantitative estimate of drug-likeness (QED) is 0.557. The van der Waals surface area contributed by atoms with Crippen LogP contribution in [0.15, 0.2) is 53.4 Å². The number of furan rings is 1. The van der Waals surface area contributed by atoms with Gasteiger partial charge >= 0.3 is 6.01 Å². The van der Waals surface area contributed by atoms with E-state index in [1.165, 1.54) is 7.11 Å². The van der Waals surface area contributed by atoms with Crippen LogP contribution in [0.1, 0.15) is 5.56 Å². The van der Waals surface area contributed by atoms with Crippen molar-refractivity contribution in [2.75, 3.05) is 14.2 Å². The molecular weight excluding hydrogens is 320 g/mol. The molecule has 1 aromatic carbocycles. The smallest absolute Gasteiger partial charge is 0.318 e. The number of imidazole rings is 1. The van der Waals surface area contributed by atoms with Crippen LogP contribution in [0.25, 0.3) is 22.6 Å². The molecule has 0 aliphatic carbocycles. The summed E-state index contributed by atoms with van der Waals surface area (Å²) in [5.41, 5.74) is 3.08. The minimum absolute atomic E-state index is 0.274. The zero-order valence-corrected chi connectivity index (χ0v) is 13.8. The molecule has 0 unspecified atom stereocenters. The Morgan fingerprint density at radius 3 is 2.56 bits per heavy atom. The van der Waals surface area contributed by atoms with Gasteiger partial charge in [-0.3, -0.25) is 0 Å². The predicted molar refractivity (Wildman–Crippen MR) is 91.7 cm³/mol. The fraction of sp³-hybridized carbons (Fsp3) is 0.167. The summed E-state index contributed by atoms with van der Waals surface area (Å²) in [5, 5.41) is 0. The first kappa shape index (κ1) is 15.2. The third-order valence-electron chi connectivity index (χ3n) is 3.89. The molecule has 0 N–H and O–H groups in total. The number of nitrogens with zero attached hydrogens (tertiary/aromatic N) is 4. The van der Waals surface area contributed by atoms with Crippen LogP contribution in [0.4, 0.5) is 0 Å². The van der Waals surface area contributed by atoms with Crippen LogP contribution in [-0.2, 0) is 6.54 Å². The number of hydrogen-bond acceptors (Lipinski definition) is 6. The lowest BCUT2D eigenvalue weighted by Crippen LogP contribution is -2.02. The van der Waals surface area contributed by atoms with Crippen molar-refractivity contribution in [1.29, 1.82) is 0 Å². The second-order valence-corrected chi connectivity index (χ2v) is 5.43. The van der Waals surface area contributed by atoms with Crippen LogP contribution in [0.5, 0.6) is 11.8 Å². The van der Waals surface area contributed by atoms with Gasteiger partial charge in [0.05, 0.1) is 33.4 Å². The van der Waals surface area contributed by atoms with Gasteiger partial charge in [-0.1, -0.05) is 12.1 Å². The molecule has 0 amide bonds. The molecule has 4 rings (SSSR count). The first-order valence-electron chi connectivity index (χ1n) is 7.72. The number of rotatable bonds is 5. The molecule has 0 atom stereocenters. The molecule has 0 saturated heterocycles. The Hall–Kier alpha value is -3.35. The predicted octanol–water partition coefficient (Wildman–Crippen LogP) is 3.15. The summed E-state index contributed by atoms with van der Waals surface area (Å²) in [5.74, 6) is 1.45. The summed E-state index contributed by atoms with van der Waals surface area (Å²) in [6.07, 6.45) is 3.35. The Bertz CT molecular complexity index is 991. The largest absolute Gasteiger partial charge is 0.497 e. The average Bonchev–Trinajstić information content (AvgIpc) is 3.32. The van der Waals surface area contributed by atoms with Crippen molar-refractivity contribution in [3.8, 4) is 23.2 Å². The lowest BCUT2D eigenvalue weighted by atomic mass is 10.2. The van der Waals surface area contributed by atoms with Crippen LogP contribution in [0, 0.1) is 0 Å². The lowest BCUT2D eigenvalue weighted by Gasteiger charge is -2.07. The summed E-state index contributed by atoms with van der Waals surface area (Å²) in [7, 11) is 3.19. The Kier molecular flexibility index (Phi) is 3.81. The highest BCUT2D eigenvalue weighted by atomic mass is 16.5. The highest BCUT2D eigenvalue weighted by molar-refractivity contribution is 5.86. The summed E-state index contributed by atoms with van der Waals surface area (Å²) < 4.78 is 17.9. The molecule has 3 heterocycles. The zero-order chi connectivity index (χ0) is 17.2. The highest BCUT2D eigenvalue weighted by Gasteiger charge is 2.17. The Labute approximate surface area is 143 Å². The maximum atomic E-state index is 5.47. The van der Waals surface area contributed by atoms with Crippen LogP contribution in [0.3, 0.4) is 0 Å². The molecule has 0 bridgehead atoms. The van der Waals surface area contributed by atoms with Crippen molar-refractivity contribution in [2.24, 2.45) is 0 Å².